The lowest BCUT2D eigenvalue weighted by molar-refractivity contribution is -0.276. The molecular weight excluding hydrogens is 803 g/mol. The molecule has 10 nitrogen and oxygen atoms in total. The maximum absolute atomic E-state index is 13.3. The van der Waals surface area contributed by atoms with Crippen LogP contribution in [0.15, 0.2) is 103 Å². The van der Waals surface area contributed by atoms with E-state index in [1.165, 1.54) is 81.9 Å². The van der Waals surface area contributed by atoms with Crippen molar-refractivity contribution in [1.82, 2.24) is 15.1 Å². The van der Waals surface area contributed by atoms with Gasteiger partial charge in [0.2, 0.25) is 5.91 Å². The zero-order valence-electron chi connectivity index (χ0n) is 38.4. The van der Waals surface area contributed by atoms with Crippen LogP contribution in [0.2, 0.25) is 0 Å². The van der Waals surface area contributed by atoms with E-state index in [0.29, 0.717) is 0 Å². The molecule has 0 aromatic heterocycles. The van der Waals surface area contributed by atoms with Crippen LogP contribution >= 0.6 is 0 Å². The standard InChI is InChI=1S/C54H71N3O7/c1-4-6-8-10-12-17-32-56(33-18-13-11-9-7-5-2)37-49-40(3)51(45-26-24-41(38-58)25-27-45)64-53(63-49)46-30-28-44(29-31-46)47-23-19-22-43(34-47)36-57-50(59)35-48(52(57)60)55-54(61)62-39-42-20-15-14-16-21-42/h14-16,19-31,34,40,48-49,51,53,58H,4-13,17-18,32-33,35-39H2,1-3H3,(H,55,61)/t40-,48?,49+,51+,53+/m0/s1. The van der Waals surface area contributed by atoms with E-state index >= 15 is 0 Å². The Hall–Kier alpha value is -4.87. The van der Waals surface area contributed by atoms with Gasteiger partial charge in [0.1, 0.15) is 12.6 Å². The van der Waals surface area contributed by atoms with Gasteiger partial charge in [-0.15, -0.1) is 0 Å². The van der Waals surface area contributed by atoms with E-state index in [4.69, 9.17) is 14.2 Å². The van der Waals surface area contributed by atoms with Gasteiger partial charge in [-0.25, -0.2) is 4.79 Å². The minimum Gasteiger partial charge on any atom is -0.445 e. The van der Waals surface area contributed by atoms with Crippen LogP contribution < -0.4 is 5.32 Å². The number of carbonyl (C=O) groups is 3. The Morgan fingerprint density at radius 1 is 0.719 bits per heavy atom. The van der Waals surface area contributed by atoms with Crippen LogP contribution in [0.1, 0.15) is 144 Å². The Bertz CT molecular complexity index is 2010. The zero-order chi connectivity index (χ0) is 45.1. The lowest BCUT2D eigenvalue weighted by Gasteiger charge is -2.43. The maximum Gasteiger partial charge on any atom is 0.408 e. The lowest BCUT2D eigenvalue weighted by atomic mass is 9.89. The summed E-state index contributed by atoms with van der Waals surface area (Å²) in [6, 6.07) is 32.5. The molecule has 0 radical (unpaired) electrons. The third-order valence-corrected chi connectivity index (χ3v) is 12.7. The molecule has 2 N–H and O–H groups in total. The molecule has 2 saturated heterocycles. The minimum absolute atomic E-state index is 0.00279. The van der Waals surface area contributed by atoms with Crippen molar-refractivity contribution in [2.24, 2.45) is 5.92 Å². The smallest absolute Gasteiger partial charge is 0.408 e. The van der Waals surface area contributed by atoms with Gasteiger partial charge < -0.3 is 29.5 Å². The van der Waals surface area contributed by atoms with Crippen molar-refractivity contribution >= 4 is 17.9 Å². The van der Waals surface area contributed by atoms with Gasteiger partial charge in [0, 0.05) is 18.0 Å². The molecule has 2 heterocycles. The number of likely N-dealkylation sites (tertiary alicyclic amines) is 1. The second-order valence-electron chi connectivity index (χ2n) is 17.8. The number of nitrogens with zero attached hydrogens (tertiary/aromatic N) is 2. The summed E-state index contributed by atoms with van der Waals surface area (Å²) in [6.45, 7) is 9.94. The fraction of sp³-hybridized carbons (Fsp3) is 0.500. The van der Waals surface area contributed by atoms with Crippen molar-refractivity contribution in [3.05, 3.63) is 131 Å². The number of amides is 3. The molecule has 0 aliphatic carbocycles. The molecule has 5 atom stereocenters. The minimum atomic E-state index is -0.971. The molecule has 4 aromatic carbocycles. The molecule has 10 heteroatoms. The average molecular weight is 874 g/mol. The molecule has 344 valence electrons. The van der Waals surface area contributed by atoms with E-state index in [1.807, 2.05) is 66.7 Å². The van der Waals surface area contributed by atoms with Crippen molar-refractivity contribution in [3.63, 3.8) is 0 Å². The van der Waals surface area contributed by atoms with Crippen molar-refractivity contribution in [2.75, 3.05) is 19.6 Å². The van der Waals surface area contributed by atoms with E-state index in [0.717, 1.165) is 58.6 Å². The highest BCUT2D eigenvalue weighted by molar-refractivity contribution is 6.06. The number of carbonyl (C=O) groups excluding carboxylic acids is 3. The number of aliphatic hydroxyl groups excluding tert-OH is 1. The number of alkyl carbamates (subject to hydrolysis) is 1. The van der Waals surface area contributed by atoms with Gasteiger partial charge in [0.25, 0.3) is 5.91 Å². The van der Waals surface area contributed by atoms with Crippen molar-refractivity contribution in [2.45, 2.75) is 149 Å². The number of ether oxygens (including phenoxy) is 3. The summed E-state index contributed by atoms with van der Waals surface area (Å²) in [5.41, 5.74) is 6.43. The fourth-order valence-electron chi connectivity index (χ4n) is 8.84. The van der Waals surface area contributed by atoms with E-state index in [9.17, 15) is 19.5 Å². The van der Waals surface area contributed by atoms with Crippen molar-refractivity contribution in [1.29, 1.82) is 0 Å². The average Bonchev–Trinajstić information content (AvgIpc) is 3.58. The van der Waals surface area contributed by atoms with Crippen LogP contribution in [-0.4, -0.2) is 64.6 Å². The molecular formula is C54H71N3O7. The Labute approximate surface area is 381 Å². The highest BCUT2D eigenvalue weighted by Gasteiger charge is 2.41. The number of nitrogens with one attached hydrogen (secondary N) is 1. The van der Waals surface area contributed by atoms with Gasteiger partial charge >= 0.3 is 6.09 Å². The highest BCUT2D eigenvalue weighted by atomic mass is 16.7. The highest BCUT2D eigenvalue weighted by Crippen LogP contribution is 2.42. The number of benzene rings is 4. The summed E-state index contributed by atoms with van der Waals surface area (Å²) in [5, 5.41) is 12.3. The van der Waals surface area contributed by atoms with Gasteiger partial charge in [-0.1, -0.05) is 182 Å². The van der Waals surface area contributed by atoms with Gasteiger partial charge in [-0.05, 0) is 65.4 Å². The first kappa shape index (κ1) is 48.6. The van der Waals surface area contributed by atoms with Crippen LogP contribution in [0.3, 0.4) is 0 Å². The summed E-state index contributed by atoms with van der Waals surface area (Å²) < 4.78 is 19.1. The molecule has 6 rings (SSSR count). The quantitative estimate of drug-likeness (QED) is 0.0499. The number of imide groups is 1. The van der Waals surface area contributed by atoms with E-state index in [2.05, 4.69) is 67.4 Å². The predicted octanol–water partition coefficient (Wildman–Crippen LogP) is 11.2. The first-order valence-electron chi connectivity index (χ1n) is 24.0. The van der Waals surface area contributed by atoms with Crippen molar-refractivity contribution in [3.8, 4) is 11.1 Å². The largest absolute Gasteiger partial charge is 0.445 e. The molecule has 0 saturated carbocycles. The second-order valence-corrected chi connectivity index (χ2v) is 17.8. The van der Waals surface area contributed by atoms with E-state index in [-0.39, 0.29) is 50.2 Å². The number of aliphatic hydroxyl groups is 1. The monoisotopic (exact) mass is 874 g/mol. The zero-order valence-corrected chi connectivity index (χ0v) is 38.4. The first-order chi connectivity index (χ1) is 31.3. The molecule has 2 aliphatic rings. The van der Waals surface area contributed by atoms with E-state index < -0.39 is 24.3 Å². The number of rotatable bonds is 25. The third kappa shape index (κ3) is 14.3. The lowest BCUT2D eigenvalue weighted by Crippen LogP contribution is -2.45. The SMILES string of the molecule is CCCCCCCCN(CCCCCCCC)C[C@H]1O[C@@H](c2ccc(-c3cccc(CN4C(=O)CC(NC(=O)OCc5ccccc5)C4=O)c3)cc2)O[C@@H](c2ccc(CO)cc2)[C@H]1C. The third-order valence-electron chi connectivity index (χ3n) is 12.7. The molecule has 64 heavy (non-hydrogen) atoms. The Kier molecular flexibility index (Phi) is 19.4. The second kappa shape index (κ2) is 25.6. The summed E-state index contributed by atoms with van der Waals surface area (Å²) in [4.78, 5) is 42.6. The molecule has 4 aromatic rings. The molecule has 0 spiro atoms. The molecule has 2 aliphatic heterocycles. The van der Waals surface area contributed by atoms with Crippen molar-refractivity contribution < 1.29 is 33.7 Å². The number of hydrogen-bond acceptors (Lipinski definition) is 8. The van der Waals surface area contributed by atoms with E-state index in [1.54, 1.807) is 0 Å². The maximum atomic E-state index is 13.3. The number of unbranched alkanes of at least 4 members (excludes halogenated alkanes) is 10. The molecule has 2 fully saturated rings. The summed E-state index contributed by atoms with van der Waals surface area (Å²) in [5.74, 6) is -0.695. The van der Waals surface area contributed by atoms with Crippen LogP contribution in [0, 0.1) is 5.92 Å². The van der Waals surface area contributed by atoms with Gasteiger partial charge in [-0.3, -0.25) is 14.5 Å². The molecule has 1 unspecified atom stereocenters. The Morgan fingerprint density at radius 3 is 2.00 bits per heavy atom. The fourth-order valence-corrected chi connectivity index (χ4v) is 8.84. The van der Waals surface area contributed by atoms with Crippen LogP contribution in [0.5, 0.6) is 0 Å². The summed E-state index contributed by atoms with van der Waals surface area (Å²) >= 11 is 0. The first-order valence-corrected chi connectivity index (χ1v) is 24.0. The molecule has 0 bridgehead atoms. The van der Waals surface area contributed by atoms with Gasteiger partial charge in [0.15, 0.2) is 6.29 Å². The predicted molar refractivity (Wildman–Crippen MR) is 252 cm³/mol. The topological polar surface area (TPSA) is 118 Å². The van der Waals surface area contributed by atoms with Gasteiger partial charge in [-0.2, -0.15) is 0 Å². The summed E-state index contributed by atoms with van der Waals surface area (Å²) in [6.07, 6.45) is 13.6. The van der Waals surface area contributed by atoms with Crippen LogP contribution in [0.4, 0.5) is 4.79 Å². The Balaban J connectivity index is 1.12. The normalized spacial score (nSPS) is 20.0. The summed E-state index contributed by atoms with van der Waals surface area (Å²) in [7, 11) is 0. The van der Waals surface area contributed by atoms with Crippen LogP contribution in [-0.2, 0) is 43.6 Å². The van der Waals surface area contributed by atoms with Gasteiger partial charge in [0.05, 0.1) is 31.8 Å². The number of hydrogen-bond donors (Lipinski definition) is 2. The molecule has 3 amide bonds. The van der Waals surface area contributed by atoms with Crippen LogP contribution in [0.25, 0.3) is 11.1 Å². The Morgan fingerprint density at radius 2 is 1.34 bits per heavy atom.